The average molecular weight is 365 g/mol. The van der Waals surface area contributed by atoms with Gasteiger partial charge in [0, 0.05) is 12.1 Å². The molecule has 22 heavy (non-hydrogen) atoms. The summed E-state index contributed by atoms with van der Waals surface area (Å²) >= 11 is 3.47. The zero-order valence-electron chi connectivity index (χ0n) is 12.8. The van der Waals surface area contributed by atoms with Crippen molar-refractivity contribution in [1.82, 2.24) is 20.3 Å². The number of hydrogen-bond acceptors (Lipinski definition) is 4. The van der Waals surface area contributed by atoms with Crippen molar-refractivity contribution in [2.24, 2.45) is 5.92 Å². The Labute approximate surface area is 139 Å². The third-order valence-corrected chi connectivity index (χ3v) is 4.73. The normalized spacial score (nSPS) is 18.9. The van der Waals surface area contributed by atoms with Crippen molar-refractivity contribution in [1.29, 1.82) is 0 Å². The van der Waals surface area contributed by atoms with Crippen LogP contribution in [0.15, 0.2) is 28.9 Å². The molecule has 0 amide bonds. The fraction of sp³-hybridized carbons (Fsp3) is 0.500. The second-order valence-corrected chi connectivity index (χ2v) is 6.60. The van der Waals surface area contributed by atoms with Gasteiger partial charge in [-0.05, 0) is 59.9 Å². The number of benzene rings is 1. The minimum atomic E-state index is 0.636. The van der Waals surface area contributed by atoms with Crippen LogP contribution in [-0.4, -0.2) is 35.2 Å². The number of methoxy groups -OCH3 is 1. The molecule has 1 N–H and O–H groups in total. The van der Waals surface area contributed by atoms with Crippen molar-refractivity contribution < 1.29 is 4.74 Å². The van der Waals surface area contributed by atoms with E-state index in [-0.39, 0.29) is 0 Å². The number of ether oxygens (including phenoxy) is 1. The van der Waals surface area contributed by atoms with E-state index in [1.807, 2.05) is 29.1 Å². The summed E-state index contributed by atoms with van der Waals surface area (Å²) in [7, 11) is 1.67. The molecular weight excluding hydrogens is 344 g/mol. The van der Waals surface area contributed by atoms with Gasteiger partial charge in [0.05, 0.1) is 17.8 Å². The molecule has 1 aromatic carbocycles. The molecule has 3 rings (SSSR count). The maximum atomic E-state index is 5.34. The Morgan fingerprint density at radius 3 is 3.18 bits per heavy atom. The summed E-state index contributed by atoms with van der Waals surface area (Å²) in [6, 6.07) is 5.97. The van der Waals surface area contributed by atoms with Crippen molar-refractivity contribution in [3.63, 3.8) is 0 Å². The fourth-order valence-corrected chi connectivity index (χ4v) is 3.26. The first-order valence-electron chi connectivity index (χ1n) is 7.71. The van der Waals surface area contributed by atoms with E-state index >= 15 is 0 Å². The van der Waals surface area contributed by atoms with Crippen LogP contribution in [0, 0.1) is 5.92 Å². The zero-order chi connectivity index (χ0) is 15.4. The van der Waals surface area contributed by atoms with Gasteiger partial charge in [-0.3, -0.25) is 4.68 Å². The van der Waals surface area contributed by atoms with Gasteiger partial charge < -0.3 is 10.1 Å². The lowest BCUT2D eigenvalue weighted by molar-refractivity contribution is 0.386. The minimum absolute atomic E-state index is 0.636. The van der Waals surface area contributed by atoms with Gasteiger partial charge in [-0.2, -0.15) is 0 Å². The lowest BCUT2D eigenvalue weighted by Crippen LogP contribution is -2.24. The molecular formula is C16H21BrN4O. The van der Waals surface area contributed by atoms with Crippen LogP contribution in [0.25, 0.3) is 11.3 Å². The van der Waals surface area contributed by atoms with Crippen LogP contribution < -0.4 is 10.1 Å². The first kappa shape index (κ1) is 15.5. The highest BCUT2D eigenvalue weighted by atomic mass is 79.9. The monoisotopic (exact) mass is 364 g/mol. The molecule has 2 heterocycles. The molecule has 0 spiro atoms. The van der Waals surface area contributed by atoms with Gasteiger partial charge in [0.25, 0.3) is 0 Å². The molecule has 0 radical (unpaired) electrons. The lowest BCUT2D eigenvalue weighted by Gasteiger charge is -2.13. The molecule has 5 nitrogen and oxygen atoms in total. The van der Waals surface area contributed by atoms with Gasteiger partial charge in [0.15, 0.2) is 0 Å². The standard InChI is InChI=1S/C16H21BrN4O/c1-22-16-8-13(5-6-14(16)17)15-11-21(20-19-15)10-12-4-2-3-7-18-9-12/h5-6,8,11-12,18H,2-4,7,9-10H2,1H3. The van der Waals surface area contributed by atoms with E-state index < -0.39 is 0 Å². The number of rotatable bonds is 4. The van der Waals surface area contributed by atoms with Gasteiger partial charge in [-0.15, -0.1) is 5.10 Å². The van der Waals surface area contributed by atoms with Gasteiger partial charge in [0.1, 0.15) is 11.4 Å². The number of nitrogens with zero attached hydrogens (tertiary/aromatic N) is 3. The molecule has 2 aromatic rings. The van der Waals surface area contributed by atoms with Crippen LogP contribution in [-0.2, 0) is 6.54 Å². The molecule has 0 aliphatic carbocycles. The van der Waals surface area contributed by atoms with Crippen molar-refractivity contribution in [3.8, 4) is 17.0 Å². The molecule has 6 heteroatoms. The third kappa shape index (κ3) is 3.67. The number of nitrogens with one attached hydrogen (secondary N) is 1. The molecule has 1 aromatic heterocycles. The quantitative estimate of drug-likeness (QED) is 0.905. The maximum Gasteiger partial charge on any atom is 0.133 e. The van der Waals surface area contributed by atoms with Gasteiger partial charge in [-0.25, -0.2) is 0 Å². The summed E-state index contributed by atoms with van der Waals surface area (Å²) in [5.41, 5.74) is 1.90. The van der Waals surface area contributed by atoms with Gasteiger partial charge >= 0.3 is 0 Å². The second-order valence-electron chi connectivity index (χ2n) is 5.74. The highest BCUT2D eigenvalue weighted by Gasteiger charge is 2.14. The van der Waals surface area contributed by atoms with Crippen LogP contribution in [0.3, 0.4) is 0 Å². The summed E-state index contributed by atoms with van der Waals surface area (Å²) < 4.78 is 8.24. The zero-order valence-corrected chi connectivity index (χ0v) is 14.3. The number of aromatic nitrogens is 3. The van der Waals surface area contributed by atoms with Crippen molar-refractivity contribution in [2.75, 3.05) is 20.2 Å². The smallest absolute Gasteiger partial charge is 0.133 e. The van der Waals surface area contributed by atoms with E-state index in [9.17, 15) is 0 Å². The van der Waals surface area contributed by atoms with E-state index in [1.54, 1.807) is 7.11 Å². The maximum absolute atomic E-state index is 5.34. The Kier molecular flexibility index (Phi) is 5.10. The summed E-state index contributed by atoms with van der Waals surface area (Å²) in [5, 5.41) is 12.1. The second kappa shape index (κ2) is 7.24. The highest BCUT2D eigenvalue weighted by Crippen LogP contribution is 2.29. The van der Waals surface area contributed by atoms with E-state index in [0.717, 1.165) is 41.1 Å². The van der Waals surface area contributed by atoms with Crippen LogP contribution in [0.5, 0.6) is 5.75 Å². The van der Waals surface area contributed by atoms with Crippen molar-refractivity contribution >= 4 is 15.9 Å². The predicted octanol–water partition coefficient (Wildman–Crippen LogP) is 3.11. The van der Waals surface area contributed by atoms with E-state index in [4.69, 9.17) is 4.74 Å². The Morgan fingerprint density at radius 2 is 2.32 bits per heavy atom. The Hall–Kier alpha value is -1.40. The van der Waals surface area contributed by atoms with Crippen molar-refractivity contribution in [2.45, 2.75) is 25.8 Å². The van der Waals surface area contributed by atoms with Gasteiger partial charge in [0.2, 0.25) is 0 Å². The highest BCUT2D eigenvalue weighted by molar-refractivity contribution is 9.10. The summed E-state index contributed by atoms with van der Waals surface area (Å²) in [6.45, 7) is 3.13. The SMILES string of the molecule is COc1cc(-c2cn(CC3CCCCNC3)nn2)ccc1Br. The Bertz CT molecular complexity index is 620. The molecule has 0 bridgehead atoms. The van der Waals surface area contributed by atoms with E-state index in [0.29, 0.717) is 5.92 Å². The fourth-order valence-electron chi connectivity index (χ4n) is 2.85. The van der Waals surface area contributed by atoms with Crippen molar-refractivity contribution in [3.05, 3.63) is 28.9 Å². The molecule has 1 fully saturated rings. The third-order valence-electron chi connectivity index (χ3n) is 4.08. The van der Waals surface area contributed by atoms with E-state index in [1.165, 1.54) is 19.3 Å². The van der Waals surface area contributed by atoms with Gasteiger partial charge in [-0.1, -0.05) is 17.7 Å². The first-order chi connectivity index (χ1) is 10.8. The summed E-state index contributed by atoms with van der Waals surface area (Å²) in [4.78, 5) is 0. The molecule has 1 atom stereocenters. The minimum Gasteiger partial charge on any atom is -0.496 e. The summed E-state index contributed by atoms with van der Waals surface area (Å²) in [6.07, 6.45) is 5.85. The molecule has 1 saturated heterocycles. The van der Waals surface area contributed by atoms with Crippen LogP contribution in [0.4, 0.5) is 0 Å². The first-order valence-corrected chi connectivity index (χ1v) is 8.50. The van der Waals surface area contributed by atoms with Crippen LogP contribution >= 0.6 is 15.9 Å². The van der Waals surface area contributed by atoms with Crippen LogP contribution in [0.2, 0.25) is 0 Å². The van der Waals surface area contributed by atoms with E-state index in [2.05, 4.69) is 31.6 Å². The summed E-state index contributed by atoms with van der Waals surface area (Å²) in [5.74, 6) is 1.44. The largest absolute Gasteiger partial charge is 0.496 e. The Morgan fingerprint density at radius 1 is 1.41 bits per heavy atom. The molecule has 118 valence electrons. The molecule has 0 saturated carbocycles. The molecule has 1 aliphatic rings. The number of hydrogen-bond donors (Lipinski definition) is 1. The topological polar surface area (TPSA) is 52.0 Å². The molecule has 1 unspecified atom stereocenters. The van der Waals surface area contributed by atoms with Crippen LogP contribution in [0.1, 0.15) is 19.3 Å². The Balaban J connectivity index is 1.73. The lowest BCUT2D eigenvalue weighted by atomic mass is 10.0. The number of halogens is 1. The predicted molar refractivity (Wildman–Crippen MR) is 89.9 cm³/mol. The average Bonchev–Trinajstić information content (AvgIpc) is 2.84. The molecule has 1 aliphatic heterocycles.